The number of amides is 1. The van der Waals surface area contributed by atoms with Crippen molar-refractivity contribution >= 4 is 15.7 Å². The smallest absolute Gasteiger partial charge is 0.425 e. The summed E-state index contributed by atoms with van der Waals surface area (Å²) in [5, 5.41) is 4.55. The Morgan fingerprint density at radius 3 is 2.56 bits per heavy atom. The molecule has 1 aromatic carbocycles. The summed E-state index contributed by atoms with van der Waals surface area (Å²) in [7, 11) is -3.68. The van der Waals surface area contributed by atoms with Gasteiger partial charge in [-0.2, -0.15) is 18.3 Å². The molecule has 1 aromatic heterocycles. The van der Waals surface area contributed by atoms with Gasteiger partial charge in [0, 0.05) is 31.1 Å². The molecule has 1 saturated carbocycles. The summed E-state index contributed by atoms with van der Waals surface area (Å²) in [6.45, 7) is 2.11. The van der Waals surface area contributed by atoms with Crippen LogP contribution in [0.1, 0.15) is 47.8 Å². The predicted octanol–water partition coefficient (Wildman–Crippen LogP) is 3.57. The molecule has 0 spiro atoms. The van der Waals surface area contributed by atoms with Crippen molar-refractivity contribution in [3.63, 3.8) is 0 Å². The lowest BCUT2D eigenvalue weighted by atomic mass is 9.85. The number of hydrogen-bond acceptors (Lipinski definition) is 5. The highest BCUT2D eigenvalue weighted by Crippen LogP contribution is 2.33. The van der Waals surface area contributed by atoms with Crippen LogP contribution >= 0.6 is 0 Å². The molecule has 4 rings (SSSR count). The van der Waals surface area contributed by atoms with E-state index < -0.39 is 28.0 Å². The summed E-state index contributed by atoms with van der Waals surface area (Å²) in [6.07, 6.45) is -0.330. The van der Waals surface area contributed by atoms with Crippen LogP contribution in [0.2, 0.25) is 0 Å². The highest BCUT2D eigenvalue weighted by Gasteiger charge is 2.39. The molecule has 0 N–H and O–H groups in total. The summed E-state index contributed by atoms with van der Waals surface area (Å²) in [6, 6.07) is 3.30. The van der Waals surface area contributed by atoms with Crippen LogP contribution < -0.4 is 4.74 Å². The Bertz CT molecular complexity index is 1120. The van der Waals surface area contributed by atoms with Gasteiger partial charge in [-0.05, 0) is 43.9 Å². The fraction of sp³-hybridized carbons (Fsp3) is 0.524. The first-order chi connectivity index (χ1) is 14.9. The van der Waals surface area contributed by atoms with Gasteiger partial charge in [-0.3, -0.25) is 9.48 Å². The van der Waals surface area contributed by atoms with Gasteiger partial charge in [0.2, 0.25) is 0 Å². The van der Waals surface area contributed by atoms with Crippen LogP contribution in [0.25, 0.3) is 0 Å². The molecule has 2 aliphatic rings. The topological polar surface area (TPSA) is 81.5 Å². The number of rotatable bonds is 6. The van der Waals surface area contributed by atoms with Gasteiger partial charge in [0.25, 0.3) is 5.91 Å². The van der Waals surface area contributed by atoms with E-state index in [4.69, 9.17) is 4.74 Å². The van der Waals surface area contributed by atoms with Crippen molar-refractivity contribution in [3.05, 3.63) is 41.2 Å². The maximum Gasteiger partial charge on any atom is 0.425 e. The van der Waals surface area contributed by atoms with Gasteiger partial charge in [0.15, 0.2) is 15.9 Å². The van der Waals surface area contributed by atoms with Crippen LogP contribution in [-0.2, 0) is 29.5 Å². The monoisotopic (exact) mass is 471 g/mol. The number of nitrogens with zero attached hydrogens (tertiary/aromatic N) is 3. The second-order valence-corrected chi connectivity index (χ2v) is 10.5. The average molecular weight is 472 g/mol. The molecule has 1 atom stereocenters. The molecule has 0 bridgehead atoms. The summed E-state index contributed by atoms with van der Waals surface area (Å²) < 4.78 is 69.8. The van der Waals surface area contributed by atoms with E-state index in [1.807, 2.05) is 10.9 Å². The molecule has 0 unspecified atom stereocenters. The third kappa shape index (κ3) is 4.62. The standard InChI is InChI=1S/C21H24F3N3O4S/c1-13(21(22,23)24)31-19-7-6-16(32(2,29)30)8-17(19)20(28)26-10-15-11-27(25-18(15)12-26)9-14-4-3-5-14/h6-8,11,13-14H,3-5,9-10,12H2,1-2H3/t13-/m0/s1. The van der Waals surface area contributed by atoms with Crippen molar-refractivity contribution in [1.82, 2.24) is 14.7 Å². The third-order valence-electron chi connectivity index (χ3n) is 5.96. The number of aromatic nitrogens is 2. The predicted molar refractivity (Wildman–Crippen MR) is 109 cm³/mol. The number of ether oxygens (including phenoxy) is 1. The fourth-order valence-electron chi connectivity index (χ4n) is 3.82. The Labute approximate surface area is 184 Å². The van der Waals surface area contributed by atoms with Gasteiger partial charge in [-0.15, -0.1) is 0 Å². The Kier molecular flexibility index (Phi) is 5.72. The number of halogens is 3. The first-order valence-electron chi connectivity index (χ1n) is 10.3. The van der Waals surface area contributed by atoms with Gasteiger partial charge in [-0.25, -0.2) is 8.42 Å². The van der Waals surface area contributed by atoms with E-state index in [-0.39, 0.29) is 29.3 Å². The minimum absolute atomic E-state index is 0.171. The maximum atomic E-state index is 13.2. The molecule has 11 heteroatoms. The normalized spacial score (nSPS) is 17.7. The number of carbonyl (C=O) groups excluding carboxylic acids is 1. The molecule has 1 amide bonds. The molecule has 1 aliphatic heterocycles. The van der Waals surface area contributed by atoms with E-state index in [1.54, 1.807) is 0 Å². The Morgan fingerprint density at radius 1 is 1.28 bits per heavy atom. The number of carbonyl (C=O) groups is 1. The number of hydrogen-bond donors (Lipinski definition) is 0. The minimum atomic E-state index is -4.63. The minimum Gasteiger partial charge on any atom is -0.480 e. The molecule has 0 saturated heterocycles. The van der Waals surface area contributed by atoms with Gasteiger partial charge in [0.05, 0.1) is 22.7 Å². The average Bonchev–Trinajstić information content (AvgIpc) is 3.21. The van der Waals surface area contributed by atoms with Gasteiger partial charge < -0.3 is 9.64 Å². The number of sulfone groups is 1. The van der Waals surface area contributed by atoms with Crippen LogP contribution in [0.3, 0.4) is 0 Å². The Morgan fingerprint density at radius 2 is 2.00 bits per heavy atom. The third-order valence-corrected chi connectivity index (χ3v) is 7.07. The van der Waals surface area contributed by atoms with Crippen molar-refractivity contribution in [2.45, 2.75) is 63.0 Å². The van der Waals surface area contributed by atoms with Gasteiger partial charge in [0.1, 0.15) is 5.75 Å². The SMILES string of the molecule is C[C@H](Oc1ccc(S(C)(=O)=O)cc1C(=O)N1Cc2cn(CC3CCC3)nc2C1)C(F)(F)F. The van der Waals surface area contributed by atoms with E-state index in [0.29, 0.717) is 5.92 Å². The van der Waals surface area contributed by atoms with Crippen molar-refractivity contribution in [1.29, 1.82) is 0 Å². The lowest BCUT2D eigenvalue weighted by Crippen LogP contribution is -2.33. The number of benzene rings is 1. The number of alkyl halides is 3. The van der Waals surface area contributed by atoms with Gasteiger partial charge in [-0.1, -0.05) is 6.42 Å². The van der Waals surface area contributed by atoms with Crippen molar-refractivity contribution < 1.29 is 31.1 Å². The highest BCUT2D eigenvalue weighted by molar-refractivity contribution is 7.90. The van der Waals surface area contributed by atoms with Gasteiger partial charge >= 0.3 is 6.18 Å². The zero-order chi connectivity index (χ0) is 23.3. The fourth-order valence-corrected chi connectivity index (χ4v) is 4.47. The first-order valence-corrected chi connectivity index (χ1v) is 12.2. The second kappa shape index (κ2) is 8.09. The van der Waals surface area contributed by atoms with E-state index in [1.165, 1.54) is 24.2 Å². The van der Waals surface area contributed by atoms with Crippen LogP contribution in [0.5, 0.6) is 5.75 Å². The first kappa shape index (κ1) is 22.6. The lowest BCUT2D eigenvalue weighted by Gasteiger charge is -2.25. The van der Waals surface area contributed by atoms with Crippen LogP contribution in [0.4, 0.5) is 13.2 Å². The van der Waals surface area contributed by atoms with Crippen molar-refractivity contribution in [2.24, 2.45) is 5.92 Å². The quantitative estimate of drug-likeness (QED) is 0.644. The number of fused-ring (bicyclic) bond motifs is 1. The second-order valence-electron chi connectivity index (χ2n) is 8.51. The Balaban J connectivity index is 1.57. The molecular weight excluding hydrogens is 447 g/mol. The lowest BCUT2D eigenvalue weighted by molar-refractivity contribution is -0.189. The van der Waals surface area contributed by atoms with E-state index >= 15 is 0 Å². The van der Waals surface area contributed by atoms with Crippen LogP contribution in [0, 0.1) is 5.92 Å². The molecule has 32 heavy (non-hydrogen) atoms. The molecule has 0 radical (unpaired) electrons. The highest BCUT2D eigenvalue weighted by atomic mass is 32.2. The molecule has 2 aromatic rings. The molecule has 174 valence electrons. The summed E-state index contributed by atoms with van der Waals surface area (Å²) >= 11 is 0. The maximum absolute atomic E-state index is 13.2. The zero-order valence-electron chi connectivity index (χ0n) is 17.7. The summed E-state index contributed by atoms with van der Waals surface area (Å²) in [5.41, 5.74) is 1.39. The molecule has 2 heterocycles. The van der Waals surface area contributed by atoms with E-state index in [9.17, 15) is 26.4 Å². The van der Waals surface area contributed by atoms with Crippen LogP contribution in [0.15, 0.2) is 29.3 Å². The molecular formula is C21H24F3N3O4S. The molecule has 7 nitrogen and oxygen atoms in total. The zero-order valence-corrected chi connectivity index (χ0v) is 18.5. The van der Waals surface area contributed by atoms with Crippen molar-refractivity contribution in [3.8, 4) is 5.75 Å². The van der Waals surface area contributed by atoms with Crippen molar-refractivity contribution in [2.75, 3.05) is 6.26 Å². The summed E-state index contributed by atoms with van der Waals surface area (Å²) in [4.78, 5) is 14.5. The molecule has 1 aliphatic carbocycles. The van der Waals surface area contributed by atoms with E-state index in [2.05, 4.69) is 5.10 Å². The van der Waals surface area contributed by atoms with E-state index in [0.717, 1.165) is 49.2 Å². The summed E-state index contributed by atoms with van der Waals surface area (Å²) in [5.74, 6) is -0.294. The van der Waals surface area contributed by atoms with Crippen LogP contribution in [-0.4, -0.2) is 47.5 Å². The largest absolute Gasteiger partial charge is 0.480 e. The Hall–Kier alpha value is -2.56. The molecule has 1 fully saturated rings.